The summed E-state index contributed by atoms with van der Waals surface area (Å²) in [5.74, 6) is 0.580. The molecule has 1 aliphatic heterocycles. The average molecular weight is 435 g/mol. The highest BCUT2D eigenvalue weighted by Gasteiger charge is 2.21. The van der Waals surface area contributed by atoms with Crippen molar-refractivity contribution in [3.8, 4) is 22.9 Å². The number of nitrogens with zero attached hydrogens (tertiary/aromatic N) is 6. The highest BCUT2D eigenvalue weighted by atomic mass is 16.5. The van der Waals surface area contributed by atoms with Gasteiger partial charge in [-0.15, -0.1) is 0 Å². The number of primary amides is 1. The van der Waals surface area contributed by atoms with Crippen LogP contribution in [0.1, 0.15) is 42.2 Å². The van der Waals surface area contributed by atoms with Crippen LogP contribution in [0.25, 0.3) is 33.8 Å². The highest BCUT2D eigenvalue weighted by Crippen LogP contribution is 2.30. The molecule has 5 rings (SSSR count). The summed E-state index contributed by atoms with van der Waals surface area (Å²) in [6.45, 7) is 6.08. The van der Waals surface area contributed by atoms with E-state index in [9.17, 15) is 4.79 Å². The quantitative estimate of drug-likeness (QED) is 0.480. The number of amides is 1. The van der Waals surface area contributed by atoms with E-state index in [1.165, 1.54) is 0 Å². The Balaban J connectivity index is 1.58. The first-order valence-electron chi connectivity index (χ1n) is 10.9. The molecule has 10 heteroatoms. The number of aromatic nitrogens is 7. The maximum absolute atomic E-state index is 12.1. The number of hydrogen-bond donors (Lipinski definition) is 2. The molecular weight excluding hydrogens is 408 g/mol. The second-order valence-electron chi connectivity index (χ2n) is 8.13. The van der Waals surface area contributed by atoms with E-state index >= 15 is 0 Å². The highest BCUT2D eigenvalue weighted by molar-refractivity contribution is 6.02. The first kappa shape index (κ1) is 20.4. The molecule has 1 fully saturated rings. The Bertz CT molecular complexity index is 1280. The van der Waals surface area contributed by atoms with Crippen LogP contribution in [0.4, 0.5) is 0 Å². The van der Waals surface area contributed by atoms with E-state index in [4.69, 9.17) is 15.5 Å². The van der Waals surface area contributed by atoms with Crippen molar-refractivity contribution in [1.82, 2.24) is 34.7 Å². The fourth-order valence-corrected chi connectivity index (χ4v) is 4.27. The normalized spacial score (nSPS) is 16.6. The van der Waals surface area contributed by atoms with Gasteiger partial charge in [0.2, 0.25) is 5.91 Å². The van der Waals surface area contributed by atoms with Crippen LogP contribution in [-0.2, 0) is 17.8 Å². The molecular formula is C22H26N8O2. The SMILES string of the molecule is CCn1nc(C)cc1-c1nc(-c2cc(C(N)=O)cc3c2cnn3C[C@@H]2CCCCO2)n[nH]1. The van der Waals surface area contributed by atoms with Gasteiger partial charge in [-0.25, -0.2) is 4.98 Å². The second-order valence-corrected chi connectivity index (χ2v) is 8.13. The van der Waals surface area contributed by atoms with Crippen molar-refractivity contribution in [3.63, 3.8) is 0 Å². The molecule has 3 N–H and O–H groups in total. The number of carbonyl (C=O) groups is 1. The number of hydrogen-bond acceptors (Lipinski definition) is 6. The third-order valence-electron chi connectivity index (χ3n) is 5.87. The van der Waals surface area contributed by atoms with Crippen molar-refractivity contribution < 1.29 is 9.53 Å². The summed E-state index contributed by atoms with van der Waals surface area (Å²) >= 11 is 0. The predicted molar refractivity (Wildman–Crippen MR) is 119 cm³/mol. The summed E-state index contributed by atoms with van der Waals surface area (Å²) in [7, 11) is 0. The number of nitrogens with one attached hydrogen (secondary N) is 1. The zero-order valence-corrected chi connectivity index (χ0v) is 18.2. The van der Waals surface area contributed by atoms with Crippen LogP contribution in [0, 0.1) is 6.92 Å². The molecule has 1 saturated heterocycles. The largest absolute Gasteiger partial charge is 0.376 e. The first-order valence-corrected chi connectivity index (χ1v) is 10.9. The Kier molecular flexibility index (Phi) is 5.22. The molecule has 0 aliphatic carbocycles. The summed E-state index contributed by atoms with van der Waals surface area (Å²) in [6.07, 6.45) is 5.14. The van der Waals surface area contributed by atoms with Crippen molar-refractivity contribution >= 4 is 16.8 Å². The molecule has 1 aromatic carbocycles. The van der Waals surface area contributed by atoms with Crippen LogP contribution < -0.4 is 5.73 Å². The maximum atomic E-state index is 12.1. The number of aryl methyl sites for hydroxylation is 2. The molecule has 1 atom stereocenters. The number of fused-ring (bicyclic) bond motifs is 1. The monoisotopic (exact) mass is 434 g/mol. The van der Waals surface area contributed by atoms with Crippen molar-refractivity contribution in [1.29, 1.82) is 0 Å². The van der Waals surface area contributed by atoms with Gasteiger partial charge in [0.15, 0.2) is 11.6 Å². The molecule has 0 radical (unpaired) electrons. The van der Waals surface area contributed by atoms with Crippen molar-refractivity contribution in [2.45, 2.75) is 52.3 Å². The van der Waals surface area contributed by atoms with Gasteiger partial charge < -0.3 is 10.5 Å². The zero-order valence-electron chi connectivity index (χ0n) is 18.2. The van der Waals surface area contributed by atoms with E-state index in [-0.39, 0.29) is 6.10 Å². The third kappa shape index (κ3) is 3.66. The minimum atomic E-state index is -0.509. The molecule has 166 valence electrons. The molecule has 4 heterocycles. The maximum Gasteiger partial charge on any atom is 0.248 e. The Labute approximate surface area is 184 Å². The number of ether oxygens (including phenoxy) is 1. The molecule has 3 aromatic heterocycles. The third-order valence-corrected chi connectivity index (χ3v) is 5.87. The van der Waals surface area contributed by atoms with E-state index in [2.05, 4.69) is 20.4 Å². The molecule has 32 heavy (non-hydrogen) atoms. The lowest BCUT2D eigenvalue weighted by Gasteiger charge is -2.22. The second kappa shape index (κ2) is 8.19. The van der Waals surface area contributed by atoms with Crippen molar-refractivity contribution in [2.24, 2.45) is 5.73 Å². The van der Waals surface area contributed by atoms with Crippen LogP contribution >= 0.6 is 0 Å². The molecule has 0 saturated carbocycles. The fourth-order valence-electron chi connectivity index (χ4n) is 4.27. The van der Waals surface area contributed by atoms with E-state index in [0.29, 0.717) is 29.3 Å². The summed E-state index contributed by atoms with van der Waals surface area (Å²) in [5.41, 5.74) is 9.30. The average Bonchev–Trinajstić information content (AvgIpc) is 3.52. The molecule has 1 amide bonds. The van der Waals surface area contributed by atoms with Crippen LogP contribution in [0.3, 0.4) is 0 Å². The molecule has 1 aliphatic rings. The van der Waals surface area contributed by atoms with E-state index in [1.807, 2.05) is 29.3 Å². The van der Waals surface area contributed by atoms with Gasteiger partial charge in [-0.1, -0.05) is 0 Å². The van der Waals surface area contributed by atoms with Crippen LogP contribution in [-0.4, -0.2) is 53.4 Å². The van der Waals surface area contributed by atoms with Gasteiger partial charge >= 0.3 is 0 Å². The number of rotatable bonds is 6. The van der Waals surface area contributed by atoms with Crippen LogP contribution in [0.5, 0.6) is 0 Å². The van der Waals surface area contributed by atoms with Gasteiger partial charge in [0, 0.05) is 29.7 Å². The van der Waals surface area contributed by atoms with Crippen molar-refractivity contribution in [3.05, 3.63) is 35.7 Å². The molecule has 4 aromatic rings. The Morgan fingerprint density at radius 2 is 2.16 bits per heavy atom. The lowest BCUT2D eigenvalue weighted by Crippen LogP contribution is -2.25. The topological polar surface area (TPSA) is 130 Å². The van der Waals surface area contributed by atoms with E-state index in [1.54, 1.807) is 18.3 Å². The zero-order chi connectivity index (χ0) is 22.2. The Morgan fingerprint density at radius 3 is 2.91 bits per heavy atom. The lowest BCUT2D eigenvalue weighted by molar-refractivity contribution is 0.00474. The molecule has 0 bridgehead atoms. The smallest absolute Gasteiger partial charge is 0.248 e. The lowest BCUT2D eigenvalue weighted by atomic mass is 10.0. The van der Waals surface area contributed by atoms with Crippen LogP contribution in [0.15, 0.2) is 24.4 Å². The van der Waals surface area contributed by atoms with Gasteiger partial charge in [-0.05, 0) is 51.3 Å². The number of H-pyrrole nitrogens is 1. The summed E-state index contributed by atoms with van der Waals surface area (Å²) in [5, 5.41) is 17.4. The molecule has 0 unspecified atom stereocenters. The Morgan fingerprint density at radius 1 is 1.28 bits per heavy atom. The molecule has 0 spiro atoms. The fraction of sp³-hybridized carbons (Fsp3) is 0.409. The van der Waals surface area contributed by atoms with Gasteiger partial charge in [0.25, 0.3) is 0 Å². The number of aromatic amines is 1. The standard InChI is InChI=1S/C22H26N8O2/c1-3-29-19(8-13(2)28-29)22-25-21(26-27-22)16-9-14(20(23)31)10-18-17(16)11-24-30(18)12-15-6-4-5-7-32-15/h8-11,15H,3-7,12H2,1-2H3,(H2,23,31)(H,25,26,27)/t15-/m0/s1. The first-order chi connectivity index (χ1) is 15.5. The van der Waals surface area contributed by atoms with Gasteiger partial charge in [-0.2, -0.15) is 15.3 Å². The number of carbonyl (C=O) groups excluding carboxylic acids is 1. The van der Waals surface area contributed by atoms with E-state index < -0.39 is 5.91 Å². The minimum absolute atomic E-state index is 0.111. The summed E-state index contributed by atoms with van der Waals surface area (Å²) < 4.78 is 9.63. The Hall–Kier alpha value is -3.53. The summed E-state index contributed by atoms with van der Waals surface area (Å²) in [4.78, 5) is 16.8. The van der Waals surface area contributed by atoms with E-state index in [0.717, 1.165) is 54.7 Å². The van der Waals surface area contributed by atoms with Crippen LogP contribution in [0.2, 0.25) is 0 Å². The van der Waals surface area contributed by atoms with Crippen molar-refractivity contribution in [2.75, 3.05) is 6.61 Å². The number of nitrogens with two attached hydrogens (primary N) is 1. The predicted octanol–water partition coefficient (Wildman–Crippen LogP) is 2.68. The molecule has 10 nitrogen and oxygen atoms in total. The van der Waals surface area contributed by atoms with Gasteiger partial charge in [0.05, 0.1) is 30.1 Å². The summed E-state index contributed by atoms with van der Waals surface area (Å²) in [6, 6.07) is 5.47. The number of benzene rings is 1. The minimum Gasteiger partial charge on any atom is -0.376 e. The van der Waals surface area contributed by atoms with Gasteiger partial charge in [-0.3, -0.25) is 19.3 Å². The van der Waals surface area contributed by atoms with Gasteiger partial charge in [0.1, 0.15) is 5.69 Å².